The number of ketones is 1. The first-order valence-electron chi connectivity index (χ1n) is 5.16. The maximum absolute atomic E-state index is 13.3. The Morgan fingerprint density at radius 3 is 2.72 bits per heavy atom. The average Bonchev–Trinajstić information content (AvgIpc) is 2.35. The van der Waals surface area contributed by atoms with Crippen LogP contribution in [0.3, 0.4) is 0 Å². The van der Waals surface area contributed by atoms with Gasteiger partial charge in [-0.15, -0.1) is 0 Å². The molecule has 2 rings (SSSR count). The van der Waals surface area contributed by atoms with E-state index in [2.05, 4.69) is 36.8 Å². The molecule has 5 heteroatoms. The van der Waals surface area contributed by atoms with Crippen LogP contribution in [0.2, 0.25) is 0 Å². The van der Waals surface area contributed by atoms with Crippen molar-refractivity contribution in [3.05, 3.63) is 62.5 Å². The molecule has 0 aliphatic carbocycles. The maximum atomic E-state index is 13.3. The quantitative estimate of drug-likeness (QED) is 0.757. The number of pyridine rings is 1. The second-order valence-electron chi connectivity index (χ2n) is 3.65. The molecule has 0 saturated carbocycles. The van der Waals surface area contributed by atoms with E-state index >= 15 is 0 Å². The highest BCUT2D eigenvalue weighted by molar-refractivity contribution is 9.10. The van der Waals surface area contributed by atoms with Gasteiger partial charge in [0.1, 0.15) is 11.5 Å². The molecule has 0 unspecified atom stereocenters. The second-order valence-corrected chi connectivity index (χ2v) is 5.29. The molecular formula is C13H8Br2FNO. The van der Waals surface area contributed by atoms with E-state index < -0.39 is 0 Å². The Balaban J connectivity index is 2.27. The van der Waals surface area contributed by atoms with E-state index in [1.807, 2.05) is 0 Å². The summed E-state index contributed by atoms with van der Waals surface area (Å²) in [6.07, 6.45) is 1.66. The Morgan fingerprint density at radius 1 is 1.22 bits per heavy atom. The fraction of sp³-hybridized carbons (Fsp3) is 0.0769. The minimum Gasteiger partial charge on any atom is -0.292 e. The SMILES string of the molecule is O=C(Cc1cccc(F)c1Br)c1ncccc1Br. The molecule has 0 atom stereocenters. The van der Waals surface area contributed by atoms with Gasteiger partial charge >= 0.3 is 0 Å². The van der Waals surface area contributed by atoms with Crippen LogP contribution >= 0.6 is 31.9 Å². The van der Waals surface area contributed by atoms with Crippen LogP contribution in [0.4, 0.5) is 4.39 Å². The minimum atomic E-state index is -0.375. The van der Waals surface area contributed by atoms with E-state index in [0.29, 0.717) is 20.2 Å². The molecule has 0 bridgehead atoms. The van der Waals surface area contributed by atoms with Gasteiger partial charge in [-0.3, -0.25) is 9.78 Å². The zero-order chi connectivity index (χ0) is 13.1. The maximum Gasteiger partial charge on any atom is 0.186 e. The molecule has 1 aromatic heterocycles. The highest BCUT2D eigenvalue weighted by atomic mass is 79.9. The van der Waals surface area contributed by atoms with Gasteiger partial charge in [0.15, 0.2) is 5.78 Å². The fourth-order valence-corrected chi connectivity index (χ4v) is 2.41. The summed E-state index contributed by atoms with van der Waals surface area (Å²) in [6.45, 7) is 0. The third-order valence-electron chi connectivity index (χ3n) is 2.41. The second kappa shape index (κ2) is 5.71. The van der Waals surface area contributed by atoms with Crippen LogP contribution in [0.15, 0.2) is 45.5 Å². The standard InChI is InChI=1S/C13H8Br2FNO/c14-9-4-2-6-17-13(9)11(18)7-8-3-1-5-10(16)12(8)15/h1-6H,7H2. The topological polar surface area (TPSA) is 30.0 Å². The summed E-state index contributed by atoms with van der Waals surface area (Å²) < 4.78 is 14.3. The van der Waals surface area contributed by atoms with Crippen LogP contribution in [0.25, 0.3) is 0 Å². The molecular weight excluding hydrogens is 365 g/mol. The normalized spacial score (nSPS) is 10.4. The highest BCUT2D eigenvalue weighted by Crippen LogP contribution is 2.23. The van der Waals surface area contributed by atoms with Crippen molar-refractivity contribution in [2.24, 2.45) is 0 Å². The summed E-state index contributed by atoms with van der Waals surface area (Å²) in [7, 11) is 0. The molecule has 0 aliphatic rings. The molecule has 0 aliphatic heterocycles. The smallest absolute Gasteiger partial charge is 0.186 e. The van der Waals surface area contributed by atoms with Gasteiger partial charge in [0.25, 0.3) is 0 Å². The molecule has 0 amide bonds. The fourth-order valence-electron chi connectivity index (χ4n) is 1.53. The lowest BCUT2D eigenvalue weighted by Gasteiger charge is -2.05. The Labute approximate surface area is 121 Å². The monoisotopic (exact) mass is 371 g/mol. The number of carbonyl (C=O) groups is 1. The zero-order valence-corrected chi connectivity index (χ0v) is 12.3. The van der Waals surface area contributed by atoms with Crippen molar-refractivity contribution in [3.63, 3.8) is 0 Å². The summed E-state index contributed by atoms with van der Waals surface area (Å²) >= 11 is 6.41. The Bertz CT molecular complexity index is 601. The molecule has 0 saturated heterocycles. The van der Waals surface area contributed by atoms with Crippen molar-refractivity contribution >= 4 is 37.6 Å². The van der Waals surface area contributed by atoms with E-state index in [1.165, 1.54) is 6.07 Å². The van der Waals surface area contributed by atoms with Crippen molar-refractivity contribution in [1.82, 2.24) is 4.98 Å². The van der Waals surface area contributed by atoms with Crippen LogP contribution in [0, 0.1) is 5.82 Å². The van der Waals surface area contributed by atoms with Crippen molar-refractivity contribution in [1.29, 1.82) is 0 Å². The molecule has 0 N–H and O–H groups in total. The van der Waals surface area contributed by atoms with Gasteiger partial charge in [-0.25, -0.2) is 4.39 Å². The van der Waals surface area contributed by atoms with Crippen molar-refractivity contribution in [2.75, 3.05) is 0 Å². The molecule has 2 nitrogen and oxygen atoms in total. The summed E-state index contributed by atoms with van der Waals surface area (Å²) in [5.74, 6) is -0.533. The molecule has 18 heavy (non-hydrogen) atoms. The van der Waals surface area contributed by atoms with Crippen LogP contribution in [-0.2, 0) is 6.42 Å². The predicted octanol–water partition coefficient (Wildman–Crippen LogP) is 4.17. The molecule has 2 aromatic rings. The minimum absolute atomic E-state index is 0.105. The highest BCUT2D eigenvalue weighted by Gasteiger charge is 2.14. The molecule has 1 aromatic carbocycles. The van der Waals surface area contributed by atoms with Crippen molar-refractivity contribution in [2.45, 2.75) is 6.42 Å². The van der Waals surface area contributed by atoms with Crippen molar-refractivity contribution in [3.8, 4) is 0 Å². The number of nitrogens with zero attached hydrogens (tertiary/aromatic N) is 1. The van der Waals surface area contributed by atoms with Crippen LogP contribution in [0.1, 0.15) is 16.1 Å². The molecule has 1 heterocycles. The van der Waals surface area contributed by atoms with Gasteiger partial charge in [0.05, 0.1) is 4.47 Å². The molecule has 0 fully saturated rings. The van der Waals surface area contributed by atoms with Gasteiger partial charge in [0, 0.05) is 17.1 Å². The van der Waals surface area contributed by atoms with E-state index in [-0.39, 0.29) is 18.0 Å². The number of Topliss-reactive ketones (excluding diaryl/α,β-unsaturated/α-hetero) is 1. The lowest BCUT2D eigenvalue weighted by atomic mass is 10.1. The van der Waals surface area contributed by atoms with E-state index in [1.54, 1.807) is 30.5 Å². The number of halogens is 3. The summed E-state index contributed by atoms with van der Waals surface area (Å²) in [4.78, 5) is 16.1. The predicted molar refractivity (Wildman–Crippen MR) is 74.1 cm³/mol. The third-order valence-corrected chi connectivity index (χ3v) is 3.93. The summed E-state index contributed by atoms with van der Waals surface area (Å²) in [5.41, 5.74) is 0.964. The van der Waals surface area contributed by atoms with Gasteiger partial charge in [-0.1, -0.05) is 12.1 Å². The van der Waals surface area contributed by atoms with E-state index in [4.69, 9.17) is 0 Å². The Hall–Kier alpha value is -1.07. The van der Waals surface area contributed by atoms with Crippen LogP contribution in [-0.4, -0.2) is 10.8 Å². The lowest BCUT2D eigenvalue weighted by molar-refractivity contribution is 0.0987. The van der Waals surface area contributed by atoms with Gasteiger partial charge in [0.2, 0.25) is 0 Å². The largest absolute Gasteiger partial charge is 0.292 e. The number of carbonyl (C=O) groups excluding carboxylic acids is 1. The van der Waals surface area contributed by atoms with Gasteiger partial charge in [-0.05, 0) is 55.6 Å². The average molecular weight is 373 g/mol. The first kappa shape index (κ1) is 13.4. The number of aromatic nitrogens is 1. The first-order chi connectivity index (χ1) is 8.59. The zero-order valence-electron chi connectivity index (χ0n) is 9.16. The van der Waals surface area contributed by atoms with Gasteiger partial charge < -0.3 is 0 Å². The van der Waals surface area contributed by atoms with E-state index in [9.17, 15) is 9.18 Å². The Morgan fingerprint density at radius 2 is 2.00 bits per heavy atom. The molecule has 92 valence electrons. The van der Waals surface area contributed by atoms with Crippen molar-refractivity contribution < 1.29 is 9.18 Å². The lowest BCUT2D eigenvalue weighted by Crippen LogP contribution is -2.07. The first-order valence-corrected chi connectivity index (χ1v) is 6.75. The number of benzene rings is 1. The number of hydrogen-bond acceptors (Lipinski definition) is 2. The summed E-state index contributed by atoms with van der Waals surface area (Å²) in [5, 5.41) is 0. The number of hydrogen-bond donors (Lipinski definition) is 0. The summed E-state index contributed by atoms with van der Waals surface area (Å²) in [6, 6.07) is 8.12. The van der Waals surface area contributed by atoms with Crippen LogP contribution in [0.5, 0.6) is 0 Å². The van der Waals surface area contributed by atoms with Gasteiger partial charge in [-0.2, -0.15) is 0 Å². The van der Waals surface area contributed by atoms with Crippen LogP contribution < -0.4 is 0 Å². The van der Waals surface area contributed by atoms with E-state index in [0.717, 1.165) is 0 Å². The molecule has 0 radical (unpaired) electrons. The third kappa shape index (κ3) is 2.84. The number of rotatable bonds is 3. The Kier molecular flexibility index (Phi) is 4.24. The molecule has 0 spiro atoms.